The highest BCUT2D eigenvalue weighted by Gasteiger charge is 2.18. The van der Waals surface area contributed by atoms with Gasteiger partial charge in [0, 0.05) is 32.3 Å². The highest BCUT2D eigenvalue weighted by atomic mass is 16.4. The standard InChI is InChI=1S/C15H23N3O3/c1-15(2,8-6-14(20)21)9-11-16-13(19)5-4-12-7-10-17-18(12)3/h4-5,7,10H,6,8-9,11H2,1-3H3,(H,16,19)(H,20,21). The number of hydrogen-bond acceptors (Lipinski definition) is 3. The zero-order chi connectivity index (χ0) is 15.9. The van der Waals surface area contributed by atoms with Gasteiger partial charge in [-0.05, 0) is 30.4 Å². The van der Waals surface area contributed by atoms with E-state index in [0.717, 1.165) is 12.1 Å². The van der Waals surface area contributed by atoms with E-state index in [9.17, 15) is 9.59 Å². The molecule has 0 saturated carbocycles. The van der Waals surface area contributed by atoms with E-state index in [4.69, 9.17) is 5.11 Å². The Labute approximate surface area is 124 Å². The molecule has 0 spiro atoms. The van der Waals surface area contributed by atoms with Crippen LogP contribution in [0.4, 0.5) is 0 Å². The van der Waals surface area contributed by atoms with Crippen LogP contribution in [-0.2, 0) is 16.6 Å². The third-order valence-electron chi connectivity index (χ3n) is 3.38. The van der Waals surface area contributed by atoms with Gasteiger partial charge in [-0.25, -0.2) is 0 Å². The monoisotopic (exact) mass is 293 g/mol. The van der Waals surface area contributed by atoms with Crippen molar-refractivity contribution in [2.75, 3.05) is 6.54 Å². The van der Waals surface area contributed by atoms with Gasteiger partial charge in [0.25, 0.3) is 0 Å². The summed E-state index contributed by atoms with van der Waals surface area (Å²) in [5.74, 6) is -0.948. The Morgan fingerprint density at radius 1 is 1.43 bits per heavy atom. The fourth-order valence-corrected chi connectivity index (χ4v) is 1.86. The molecule has 0 fully saturated rings. The molecular weight excluding hydrogens is 270 g/mol. The maximum atomic E-state index is 11.7. The van der Waals surface area contributed by atoms with E-state index in [2.05, 4.69) is 10.4 Å². The maximum Gasteiger partial charge on any atom is 0.303 e. The molecule has 0 unspecified atom stereocenters. The molecule has 6 heteroatoms. The van der Waals surface area contributed by atoms with Crippen molar-refractivity contribution in [3.63, 3.8) is 0 Å². The third-order valence-corrected chi connectivity index (χ3v) is 3.38. The highest BCUT2D eigenvalue weighted by Crippen LogP contribution is 2.25. The Morgan fingerprint density at radius 2 is 2.14 bits per heavy atom. The number of rotatable bonds is 8. The predicted octanol–water partition coefficient (Wildman–Crippen LogP) is 1.83. The number of aryl methyl sites for hydroxylation is 1. The summed E-state index contributed by atoms with van der Waals surface area (Å²) in [4.78, 5) is 22.2. The molecule has 1 aromatic rings. The zero-order valence-corrected chi connectivity index (χ0v) is 12.8. The van der Waals surface area contributed by atoms with Crippen LogP contribution in [0.1, 0.15) is 38.8 Å². The number of nitrogens with zero attached hydrogens (tertiary/aromatic N) is 2. The molecule has 1 heterocycles. The van der Waals surface area contributed by atoms with Gasteiger partial charge in [0.1, 0.15) is 0 Å². The Hall–Kier alpha value is -2.11. The van der Waals surface area contributed by atoms with Crippen LogP contribution in [0.2, 0.25) is 0 Å². The predicted molar refractivity (Wildman–Crippen MR) is 80.5 cm³/mol. The second-order valence-corrected chi connectivity index (χ2v) is 5.81. The normalized spacial score (nSPS) is 11.8. The molecule has 6 nitrogen and oxygen atoms in total. The van der Waals surface area contributed by atoms with Crippen molar-refractivity contribution < 1.29 is 14.7 Å². The summed E-state index contributed by atoms with van der Waals surface area (Å²) in [5, 5.41) is 15.5. The number of hydrogen-bond donors (Lipinski definition) is 2. The molecular formula is C15H23N3O3. The number of carboxylic acid groups (broad SMARTS) is 1. The first-order valence-corrected chi connectivity index (χ1v) is 6.96. The van der Waals surface area contributed by atoms with Crippen LogP contribution in [0.3, 0.4) is 0 Å². The Morgan fingerprint density at radius 3 is 2.71 bits per heavy atom. The summed E-state index contributed by atoms with van der Waals surface area (Å²) in [5.41, 5.74) is 0.754. The summed E-state index contributed by atoms with van der Waals surface area (Å²) >= 11 is 0. The molecule has 2 N–H and O–H groups in total. The summed E-state index contributed by atoms with van der Waals surface area (Å²) in [6, 6.07) is 1.82. The molecule has 1 rings (SSSR count). The minimum atomic E-state index is -0.786. The molecule has 0 radical (unpaired) electrons. The Balaban J connectivity index is 2.31. The van der Waals surface area contributed by atoms with Gasteiger partial charge in [0.05, 0.1) is 5.69 Å². The van der Waals surface area contributed by atoms with Crippen molar-refractivity contribution in [2.24, 2.45) is 12.5 Å². The van der Waals surface area contributed by atoms with Gasteiger partial charge in [-0.1, -0.05) is 13.8 Å². The lowest BCUT2D eigenvalue weighted by Gasteiger charge is -2.23. The van der Waals surface area contributed by atoms with Crippen molar-refractivity contribution in [2.45, 2.75) is 33.1 Å². The molecule has 0 atom stereocenters. The van der Waals surface area contributed by atoms with E-state index in [0.29, 0.717) is 13.0 Å². The summed E-state index contributed by atoms with van der Waals surface area (Å²) in [7, 11) is 1.81. The van der Waals surface area contributed by atoms with E-state index < -0.39 is 5.97 Å². The van der Waals surface area contributed by atoms with E-state index in [1.807, 2.05) is 27.0 Å². The third kappa shape index (κ3) is 6.74. The molecule has 116 valence electrons. The first-order valence-electron chi connectivity index (χ1n) is 6.96. The number of nitrogens with one attached hydrogen (secondary N) is 1. The summed E-state index contributed by atoms with van der Waals surface area (Å²) in [6.45, 7) is 4.54. The molecule has 1 aromatic heterocycles. The van der Waals surface area contributed by atoms with Crippen LogP contribution in [-0.4, -0.2) is 33.3 Å². The number of aliphatic carboxylic acids is 1. The van der Waals surface area contributed by atoms with Crippen LogP contribution in [0.15, 0.2) is 18.3 Å². The Bertz CT molecular complexity index is 518. The maximum absolute atomic E-state index is 11.7. The number of carboxylic acids is 1. The van der Waals surface area contributed by atoms with E-state index in [1.54, 1.807) is 17.0 Å². The second-order valence-electron chi connectivity index (χ2n) is 5.81. The lowest BCUT2D eigenvalue weighted by molar-refractivity contribution is -0.137. The van der Waals surface area contributed by atoms with Crippen molar-refractivity contribution in [3.8, 4) is 0 Å². The number of aromatic nitrogens is 2. The number of amides is 1. The molecule has 0 aliphatic carbocycles. The van der Waals surface area contributed by atoms with Gasteiger partial charge < -0.3 is 10.4 Å². The van der Waals surface area contributed by atoms with Crippen molar-refractivity contribution in [1.82, 2.24) is 15.1 Å². The van der Waals surface area contributed by atoms with Crippen LogP contribution in [0.25, 0.3) is 6.08 Å². The fourth-order valence-electron chi connectivity index (χ4n) is 1.86. The van der Waals surface area contributed by atoms with Gasteiger partial charge >= 0.3 is 5.97 Å². The fraction of sp³-hybridized carbons (Fsp3) is 0.533. The van der Waals surface area contributed by atoms with Crippen LogP contribution in [0.5, 0.6) is 0 Å². The van der Waals surface area contributed by atoms with Crippen LogP contribution in [0, 0.1) is 5.41 Å². The van der Waals surface area contributed by atoms with Crippen molar-refractivity contribution in [1.29, 1.82) is 0 Å². The van der Waals surface area contributed by atoms with Gasteiger partial charge in [-0.2, -0.15) is 5.10 Å². The van der Waals surface area contributed by atoms with E-state index in [1.165, 1.54) is 6.08 Å². The van der Waals surface area contributed by atoms with Crippen LogP contribution >= 0.6 is 0 Å². The average molecular weight is 293 g/mol. The van der Waals surface area contributed by atoms with Gasteiger partial charge in [-0.15, -0.1) is 0 Å². The minimum absolute atomic E-state index is 0.0998. The molecule has 0 saturated heterocycles. The largest absolute Gasteiger partial charge is 0.481 e. The topological polar surface area (TPSA) is 84.2 Å². The first-order chi connectivity index (χ1) is 9.80. The van der Waals surface area contributed by atoms with Gasteiger partial charge in [-0.3, -0.25) is 14.3 Å². The smallest absolute Gasteiger partial charge is 0.303 e. The minimum Gasteiger partial charge on any atom is -0.481 e. The first kappa shape index (κ1) is 16.9. The lowest BCUT2D eigenvalue weighted by Crippen LogP contribution is -2.27. The number of carbonyl (C=O) groups excluding carboxylic acids is 1. The molecule has 0 aliphatic rings. The van der Waals surface area contributed by atoms with Crippen molar-refractivity contribution >= 4 is 18.0 Å². The average Bonchev–Trinajstić information content (AvgIpc) is 2.79. The Kier molecular flexibility index (Phi) is 6.14. The van der Waals surface area contributed by atoms with E-state index in [-0.39, 0.29) is 17.7 Å². The SMILES string of the molecule is Cn1nccc1C=CC(=O)NCCC(C)(C)CCC(=O)O. The number of carbonyl (C=O) groups is 2. The molecule has 0 aliphatic heterocycles. The van der Waals surface area contributed by atoms with Gasteiger partial charge in [0.2, 0.25) is 5.91 Å². The summed E-state index contributed by atoms with van der Waals surface area (Å²) in [6.07, 6.45) is 6.34. The molecule has 1 amide bonds. The highest BCUT2D eigenvalue weighted by molar-refractivity contribution is 5.91. The van der Waals surface area contributed by atoms with Gasteiger partial charge in [0.15, 0.2) is 0 Å². The van der Waals surface area contributed by atoms with Crippen LogP contribution < -0.4 is 5.32 Å². The summed E-state index contributed by atoms with van der Waals surface area (Å²) < 4.78 is 1.68. The second kappa shape index (κ2) is 7.61. The zero-order valence-electron chi connectivity index (χ0n) is 12.8. The molecule has 0 bridgehead atoms. The lowest BCUT2D eigenvalue weighted by atomic mass is 9.84. The van der Waals surface area contributed by atoms with E-state index >= 15 is 0 Å². The molecule has 21 heavy (non-hydrogen) atoms. The quantitative estimate of drug-likeness (QED) is 0.716. The molecule has 0 aromatic carbocycles. The van der Waals surface area contributed by atoms with Crippen molar-refractivity contribution in [3.05, 3.63) is 24.0 Å².